The molecule has 7 heteroatoms. The number of nitrogens with zero attached hydrogens (tertiary/aromatic N) is 4. The highest BCUT2D eigenvalue weighted by Crippen LogP contribution is 2.43. The Hall–Kier alpha value is -4.67. The lowest BCUT2D eigenvalue weighted by molar-refractivity contribution is 0.628. The van der Waals surface area contributed by atoms with Crippen molar-refractivity contribution >= 4 is 43.3 Å². The third-order valence-electron chi connectivity index (χ3n) is 5.71. The first-order valence-electron chi connectivity index (χ1n) is 10.9. The maximum atomic E-state index is 13.4. The Labute approximate surface area is 204 Å². The van der Waals surface area contributed by atoms with Crippen molar-refractivity contribution in [3.8, 4) is 28.5 Å². The molecule has 0 aliphatic carbocycles. The lowest BCUT2D eigenvalue weighted by Gasteiger charge is -2.11. The van der Waals surface area contributed by atoms with Crippen molar-refractivity contribution in [1.29, 1.82) is 5.26 Å². The Morgan fingerprint density at radius 1 is 0.829 bits per heavy atom. The summed E-state index contributed by atoms with van der Waals surface area (Å²) in [4.78, 5) is 5.63. The molecular formula is C28H16FN5S. The molecule has 0 spiro atoms. The lowest BCUT2D eigenvalue weighted by atomic mass is 9.97. The van der Waals surface area contributed by atoms with E-state index in [1.165, 1.54) is 23.5 Å². The van der Waals surface area contributed by atoms with Crippen LogP contribution in [-0.4, -0.2) is 15.2 Å². The first kappa shape index (κ1) is 20.9. The molecule has 3 aromatic carbocycles. The highest BCUT2D eigenvalue weighted by Gasteiger charge is 2.21. The van der Waals surface area contributed by atoms with E-state index in [0.717, 1.165) is 42.8 Å². The highest BCUT2D eigenvalue weighted by atomic mass is 32.1. The number of aromatic nitrogens is 3. The fourth-order valence-electron chi connectivity index (χ4n) is 4.10. The number of anilines is 2. The molecule has 1 N–H and O–H groups in total. The summed E-state index contributed by atoms with van der Waals surface area (Å²) in [5.74, 6) is 0.0752. The van der Waals surface area contributed by atoms with E-state index in [1.54, 1.807) is 12.1 Å². The molecule has 0 atom stereocenters. The molecule has 0 radical (unpaired) electrons. The molecule has 3 heterocycles. The van der Waals surface area contributed by atoms with Gasteiger partial charge >= 0.3 is 0 Å². The van der Waals surface area contributed by atoms with E-state index in [4.69, 9.17) is 4.98 Å². The Balaban J connectivity index is 1.65. The van der Waals surface area contributed by atoms with Gasteiger partial charge in [0.05, 0.1) is 15.8 Å². The van der Waals surface area contributed by atoms with Gasteiger partial charge in [0, 0.05) is 22.2 Å². The molecule has 0 aliphatic heterocycles. The number of nitrogens with one attached hydrogen (secondary N) is 1. The van der Waals surface area contributed by atoms with E-state index in [1.807, 2.05) is 66.7 Å². The number of halogens is 1. The maximum Gasteiger partial charge on any atom is 0.149 e. The van der Waals surface area contributed by atoms with Gasteiger partial charge in [-0.3, -0.25) is 0 Å². The molecule has 0 saturated carbocycles. The molecule has 6 aromatic rings. The van der Waals surface area contributed by atoms with Gasteiger partial charge < -0.3 is 5.32 Å². The summed E-state index contributed by atoms with van der Waals surface area (Å²) < 4.78 is 14.2. The van der Waals surface area contributed by atoms with Crippen molar-refractivity contribution in [3.05, 3.63) is 102 Å². The van der Waals surface area contributed by atoms with E-state index in [2.05, 4.69) is 21.6 Å². The van der Waals surface area contributed by atoms with Crippen LogP contribution in [0.2, 0.25) is 0 Å². The molecule has 0 saturated heterocycles. The Kier molecular flexibility index (Phi) is 5.13. The molecule has 35 heavy (non-hydrogen) atoms. The molecule has 0 fully saturated rings. The second-order valence-electron chi connectivity index (χ2n) is 7.91. The predicted molar refractivity (Wildman–Crippen MR) is 138 cm³/mol. The van der Waals surface area contributed by atoms with Crippen LogP contribution in [0.15, 0.2) is 91.0 Å². The van der Waals surface area contributed by atoms with Crippen LogP contribution in [0.4, 0.5) is 15.9 Å². The van der Waals surface area contributed by atoms with Crippen LogP contribution in [0, 0.1) is 17.1 Å². The number of pyridine rings is 1. The van der Waals surface area contributed by atoms with Gasteiger partial charge in [-0.2, -0.15) is 5.26 Å². The standard InChI is InChI=1S/C28H16FN5S/c29-20-11-13-21(14-12-20)31-27-19(16-30)15-22-26(32-27)24-23(17-7-3-1-4-8-17)25(33-34-28(24)35-22)18-9-5-2-6-10-18/h1-15H,(H,31,32). The van der Waals surface area contributed by atoms with Gasteiger partial charge in [0.15, 0.2) is 0 Å². The summed E-state index contributed by atoms with van der Waals surface area (Å²) in [6.07, 6.45) is 0. The third-order valence-corrected chi connectivity index (χ3v) is 6.72. The zero-order chi connectivity index (χ0) is 23.8. The smallest absolute Gasteiger partial charge is 0.149 e. The molecule has 6 rings (SSSR count). The van der Waals surface area contributed by atoms with E-state index < -0.39 is 0 Å². The normalized spacial score (nSPS) is 11.0. The van der Waals surface area contributed by atoms with E-state index in [-0.39, 0.29) is 5.82 Å². The first-order valence-corrected chi connectivity index (χ1v) is 11.7. The van der Waals surface area contributed by atoms with Crippen LogP contribution in [-0.2, 0) is 0 Å². The summed E-state index contributed by atoms with van der Waals surface area (Å²) in [6.45, 7) is 0. The van der Waals surface area contributed by atoms with Crippen molar-refractivity contribution in [2.75, 3.05) is 5.32 Å². The number of rotatable bonds is 4. The van der Waals surface area contributed by atoms with Crippen molar-refractivity contribution in [2.24, 2.45) is 0 Å². The van der Waals surface area contributed by atoms with Gasteiger partial charge in [0.1, 0.15) is 28.2 Å². The van der Waals surface area contributed by atoms with Gasteiger partial charge in [-0.25, -0.2) is 9.37 Å². The van der Waals surface area contributed by atoms with E-state index in [9.17, 15) is 9.65 Å². The van der Waals surface area contributed by atoms with Crippen LogP contribution in [0.5, 0.6) is 0 Å². The van der Waals surface area contributed by atoms with Crippen LogP contribution < -0.4 is 5.32 Å². The molecule has 0 unspecified atom stereocenters. The van der Waals surface area contributed by atoms with Gasteiger partial charge in [-0.15, -0.1) is 21.5 Å². The Bertz CT molecular complexity index is 1720. The topological polar surface area (TPSA) is 74.5 Å². The van der Waals surface area contributed by atoms with E-state index >= 15 is 0 Å². The van der Waals surface area contributed by atoms with Gasteiger partial charge in [0.2, 0.25) is 0 Å². The minimum atomic E-state index is -0.331. The maximum absolute atomic E-state index is 13.4. The molecule has 166 valence electrons. The molecule has 3 aromatic heterocycles. The van der Waals surface area contributed by atoms with Crippen molar-refractivity contribution in [1.82, 2.24) is 15.2 Å². The third kappa shape index (κ3) is 3.76. The first-order chi connectivity index (χ1) is 17.2. The number of benzene rings is 3. The van der Waals surface area contributed by atoms with Crippen LogP contribution in [0.1, 0.15) is 5.56 Å². The summed E-state index contributed by atoms with van der Waals surface area (Å²) in [7, 11) is 0. The highest BCUT2D eigenvalue weighted by molar-refractivity contribution is 7.25. The molecule has 0 amide bonds. The summed E-state index contributed by atoms with van der Waals surface area (Å²) >= 11 is 1.46. The van der Waals surface area contributed by atoms with Gasteiger partial charge in [-0.05, 0) is 35.9 Å². The average Bonchev–Trinajstić information content (AvgIpc) is 3.27. The Morgan fingerprint density at radius 2 is 1.51 bits per heavy atom. The predicted octanol–water partition coefficient (Wildman–Crippen LogP) is 7.33. The molecule has 0 aliphatic rings. The number of fused-ring (bicyclic) bond motifs is 3. The average molecular weight is 474 g/mol. The van der Waals surface area contributed by atoms with Gasteiger partial charge in [-0.1, -0.05) is 60.7 Å². The van der Waals surface area contributed by atoms with Crippen molar-refractivity contribution < 1.29 is 4.39 Å². The van der Waals surface area contributed by atoms with Crippen molar-refractivity contribution in [2.45, 2.75) is 0 Å². The number of hydrogen-bond acceptors (Lipinski definition) is 6. The Morgan fingerprint density at radius 3 is 2.20 bits per heavy atom. The molecular weight excluding hydrogens is 457 g/mol. The van der Waals surface area contributed by atoms with Gasteiger partial charge in [0.25, 0.3) is 0 Å². The summed E-state index contributed by atoms with van der Waals surface area (Å²) in [6, 6.07) is 30.0. The van der Waals surface area contributed by atoms with E-state index in [0.29, 0.717) is 17.1 Å². The van der Waals surface area contributed by atoms with Crippen LogP contribution in [0.25, 0.3) is 42.8 Å². The summed E-state index contributed by atoms with van der Waals surface area (Å²) in [5, 5.41) is 23.0. The minimum Gasteiger partial charge on any atom is -0.339 e. The number of thiophene rings is 1. The largest absolute Gasteiger partial charge is 0.339 e. The molecule has 5 nitrogen and oxygen atoms in total. The fraction of sp³-hybridized carbons (Fsp3) is 0. The quantitative estimate of drug-likeness (QED) is 0.290. The number of nitriles is 1. The zero-order valence-corrected chi connectivity index (χ0v) is 19.1. The second-order valence-corrected chi connectivity index (χ2v) is 8.94. The summed E-state index contributed by atoms with van der Waals surface area (Å²) in [5.41, 5.74) is 5.44. The SMILES string of the molecule is N#Cc1cc2sc3nnc(-c4ccccc4)c(-c4ccccc4)c3c2nc1Nc1ccc(F)cc1. The minimum absolute atomic E-state index is 0.331. The van der Waals surface area contributed by atoms with Crippen LogP contribution in [0.3, 0.4) is 0 Å². The monoisotopic (exact) mass is 473 g/mol. The van der Waals surface area contributed by atoms with Crippen molar-refractivity contribution in [3.63, 3.8) is 0 Å². The second kappa shape index (κ2) is 8.60. The van der Waals surface area contributed by atoms with Crippen LogP contribution >= 0.6 is 11.3 Å². The number of hydrogen-bond donors (Lipinski definition) is 1. The fourth-order valence-corrected chi connectivity index (χ4v) is 5.11. The lowest BCUT2D eigenvalue weighted by Crippen LogP contribution is -1.98. The molecule has 0 bridgehead atoms. The zero-order valence-electron chi connectivity index (χ0n) is 18.2.